The summed E-state index contributed by atoms with van der Waals surface area (Å²) in [5, 5.41) is 9.20. The third-order valence-electron chi connectivity index (χ3n) is 3.63. The van der Waals surface area contributed by atoms with Crippen molar-refractivity contribution < 1.29 is 0 Å². The van der Waals surface area contributed by atoms with E-state index in [1.165, 1.54) is 6.33 Å². The van der Waals surface area contributed by atoms with E-state index in [4.69, 9.17) is 5.84 Å². The number of anilines is 1. The Morgan fingerprint density at radius 2 is 1.87 bits per heavy atom. The van der Waals surface area contributed by atoms with E-state index in [0.717, 1.165) is 22.3 Å². The minimum absolute atomic E-state index is 0.624. The lowest BCUT2D eigenvalue weighted by atomic mass is 9.98. The number of nitriles is 1. The number of nitrogens with one attached hydrogen (secondary N) is 1. The summed E-state index contributed by atoms with van der Waals surface area (Å²) in [5.41, 5.74) is 7.26. The van der Waals surface area contributed by atoms with Gasteiger partial charge in [-0.1, -0.05) is 42.5 Å². The predicted molar refractivity (Wildman–Crippen MR) is 89.2 cm³/mol. The van der Waals surface area contributed by atoms with Gasteiger partial charge in [0.2, 0.25) is 0 Å². The smallest absolute Gasteiger partial charge is 0.146 e. The highest BCUT2D eigenvalue weighted by molar-refractivity contribution is 5.70. The molecule has 1 heterocycles. The maximum absolute atomic E-state index is 9.20. The van der Waals surface area contributed by atoms with Crippen LogP contribution in [0.5, 0.6) is 0 Å². The van der Waals surface area contributed by atoms with Crippen molar-refractivity contribution in [1.29, 1.82) is 5.26 Å². The van der Waals surface area contributed by atoms with Crippen LogP contribution in [-0.2, 0) is 6.42 Å². The van der Waals surface area contributed by atoms with Crippen molar-refractivity contribution in [1.82, 2.24) is 9.97 Å². The summed E-state index contributed by atoms with van der Waals surface area (Å²) in [5.74, 6) is 6.09. The van der Waals surface area contributed by atoms with Gasteiger partial charge in [0.1, 0.15) is 12.1 Å². The maximum atomic E-state index is 9.20. The van der Waals surface area contributed by atoms with Crippen LogP contribution in [0.3, 0.4) is 0 Å². The highest BCUT2D eigenvalue weighted by Gasteiger charge is 2.06. The van der Waals surface area contributed by atoms with Gasteiger partial charge in [-0.2, -0.15) is 5.26 Å². The third-order valence-corrected chi connectivity index (χ3v) is 3.63. The molecular formula is C18H15N5. The van der Waals surface area contributed by atoms with Gasteiger partial charge < -0.3 is 5.43 Å². The average molecular weight is 301 g/mol. The number of aromatic nitrogens is 2. The van der Waals surface area contributed by atoms with Crippen LogP contribution in [0.4, 0.5) is 5.82 Å². The van der Waals surface area contributed by atoms with E-state index in [9.17, 15) is 5.26 Å². The molecule has 3 N–H and O–H groups in total. The van der Waals surface area contributed by atoms with Crippen LogP contribution >= 0.6 is 0 Å². The fraction of sp³-hybridized carbons (Fsp3) is 0.0556. The molecule has 0 atom stereocenters. The number of benzene rings is 2. The zero-order valence-corrected chi connectivity index (χ0v) is 12.4. The molecule has 0 aliphatic rings. The summed E-state index contributed by atoms with van der Waals surface area (Å²) in [7, 11) is 0. The Kier molecular flexibility index (Phi) is 4.27. The second-order valence-electron chi connectivity index (χ2n) is 5.07. The molecule has 3 aromatic rings. The molecular weight excluding hydrogens is 286 g/mol. The summed E-state index contributed by atoms with van der Waals surface area (Å²) in [6, 6.07) is 17.9. The van der Waals surface area contributed by atoms with Crippen molar-refractivity contribution in [3.8, 4) is 17.2 Å². The topological polar surface area (TPSA) is 87.6 Å². The van der Waals surface area contributed by atoms with Gasteiger partial charge in [0.15, 0.2) is 0 Å². The summed E-state index contributed by atoms with van der Waals surface area (Å²) >= 11 is 0. The molecule has 0 unspecified atom stereocenters. The molecule has 23 heavy (non-hydrogen) atoms. The average Bonchev–Trinajstić information content (AvgIpc) is 2.63. The quantitative estimate of drug-likeness (QED) is 0.571. The minimum atomic E-state index is 0.624. The molecule has 0 aliphatic heterocycles. The highest BCUT2D eigenvalue weighted by atomic mass is 15.3. The molecule has 5 nitrogen and oxygen atoms in total. The molecule has 3 rings (SSSR count). The summed E-state index contributed by atoms with van der Waals surface area (Å²) in [4.78, 5) is 8.13. The first-order valence-corrected chi connectivity index (χ1v) is 7.15. The number of hydrazine groups is 1. The number of hydrogen-bond donors (Lipinski definition) is 2. The van der Waals surface area contributed by atoms with E-state index in [-0.39, 0.29) is 0 Å². The summed E-state index contributed by atoms with van der Waals surface area (Å²) in [6.07, 6.45) is 3.89. The van der Waals surface area contributed by atoms with E-state index in [0.29, 0.717) is 17.8 Å². The maximum Gasteiger partial charge on any atom is 0.146 e. The van der Waals surface area contributed by atoms with E-state index >= 15 is 0 Å². The van der Waals surface area contributed by atoms with Gasteiger partial charge in [-0.25, -0.2) is 15.8 Å². The van der Waals surface area contributed by atoms with Gasteiger partial charge in [0, 0.05) is 18.2 Å². The lowest BCUT2D eigenvalue weighted by Crippen LogP contribution is -2.11. The number of nitrogens with two attached hydrogens (primary N) is 1. The molecule has 0 saturated heterocycles. The molecule has 1 aromatic heterocycles. The van der Waals surface area contributed by atoms with Gasteiger partial charge in [-0.05, 0) is 22.8 Å². The Morgan fingerprint density at radius 1 is 1.09 bits per heavy atom. The lowest BCUT2D eigenvalue weighted by Gasteiger charge is -2.08. The molecule has 0 aliphatic carbocycles. The lowest BCUT2D eigenvalue weighted by molar-refractivity contribution is 1.06. The Balaban J connectivity index is 1.87. The standard InChI is InChI=1S/C18H15N5/c19-10-15-3-1-2-4-17(15)14-7-5-13(6-8-14)9-16-11-21-12-22-18(16)23-20/h1-8,11-12H,9,20H2,(H,21,22,23). The Bertz CT molecular complexity index is 850. The van der Waals surface area contributed by atoms with Gasteiger partial charge in [-0.15, -0.1) is 0 Å². The summed E-state index contributed by atoms with van der Waals surface area (Å²) < 4.78 is 0. The predicted octanol–water partition coefficient (Wildman–Crippen LogP) is 2.89. The number of nitrogen functional groups attached to an aromatic ring is 1. The van der Waals surface area contributed by atoms with Crippen molar-refractivity contribution in [3.05, 3.63) is 77.7 Å². The van der Waals surface area contributed by atoms with Gasteiger partial charge in [0.05, 0.1) is 11.6 Å². The largest absolute Gasteiger partial charge is 0.308 e. The van der Waals surface area contributed by atoms with E-state index in [1.54, 1.807) is 6.20 Å². The van der Waals surface area contributed by atoms with Crippen molar-refractivity contribution in [2.24, 2.45) is 5.84 Å². The minimum Gasteiger partial charge on any atom is -0.308 e. The van der Waals surface area contributed by atoms with Crippen molar-refractivity contribution in [2.45, 2.75) is 6.42 Å². The number of rotatable bonds is 4. The van der Waals surface area contributed by atoms with Gasteiger partial charge >= 0.3 is 0 Å². The monoisotopic (exact) mass is 301 g/mol. The van der Waals surface area contributed by atoms with Gasteiger partial charge in [-0.3, -0.25) is 0 Å². The Morgan fingerprint density at radius 3 is 2.61 bits per heavy atom. The number of hydrogen-bond acceptors (Lipinski definition) is 5. The second kappa shape index (κ2) is 6.69. The molecule has 0 amide bonds. The first-order chi connectivity index (χ1) is 11.3. The molecule has 0 fully saturated rings. The van der Waals surface area contributed by atoms with Crippen LogP contribution in [0.25, 0.3) is 11.1 Å². The summed E-state index contributed by atoms with van der Waals surface area (Å²) in [6.45, 7) is 0. The number of nitrogens with zero attached hydrogens (tertiary/aromatic N) is 3. The fourth-order valence-electron chi connectivity index (χ4n) is 2.47. The Labute approximate surface area is 134 Å². The fourth-order valence-corrected chi connectivity index (χ4v) is 2.47. The van der Waals surface area contributed by atoms with E-state index < -0.39 is 0 Å². The van der Waals surface area contributed by atoms with Crippen LogP contribution in [0.1, 0.15) is 16.7 Å². The van der Waals surface area contributed by atoms with E-state index in [2.05, 4.69) is 21.5 Å². The van der Waals surface area contributed by atoms with Crippen LogP contribution in [0, 0.1) is 11.3 Å². The van der Waals surface area contributed by atoms with Crippen LogP contribution in [0.2, 0.25) is 0 Å². The molecule has 2 aromatic carbocycles. The highest BCUT2D eigenvalue weighted by Crippen LogP contribution is 2.24. The van der Waals surface area contributed by atoms with Crippen LogP contribution in [0.15, 0.2) is 61.1 Å². The van der Waals surface area contributed by atoms with Crippen molar-refractivity contribution in [3.63, 3.8) is 0 Å². The van der Waals surface area contributed by atoms with Gasteiger partial charge in [0.25, 0.3) is 0 Å². The first kappa shape index (κ1) is 14.7. The molecule has 0 spiro atoms. The van der Waals surface area contributed by atoms with E-state index in [1.807, 2.05) is 48.5 Å². The SMILES string of the molecule is N#Cc1ccccc1-c1ccc(Cc2cncnc2NN)cc1. The zero-order valence-electron chi connectivity index (χ0n) is 12.4. The zero-order chi connectivity index (χ0) is 16.1. The molecule has 0 saturated carbocycles. The molecule has 112 valence electrons. The first-order valence-electron chi connectivity index (χ1n) is 7.15. The second-order valence-corrected chi connectivity index (χ2v) is 5.07. The third kappa shape index (κ3) is 3.18. The Hall–Kier alpha value is -3.23. The van der Waals surface area contributed by atoms with Crippen LogP contribution < -0.4 is 11.3 Å². The molecule has 5 heteroatoms. The van der Waals surface area contributed by atoms with Crippen LogP contribution in [-0.4, -0.2) is 9.97 Å². The van der Waals surface area contributed by atoms with Crippen molar-refractivity contribution in [2.75, 3.05) is 5.43 Å². The van der Waals surface area contributed by atoms with Crippen molar-refractivity contribution >= 4 is 5.82 Å². The molecule has 0 radical (unpaired) electrons. The molecule has 0 bridgehead atoms. The normalized spacial score (nSPS) is 10.1.